The van der Waals surface area contributed by atoms with Crippen molar-refractivity contribution in [2.45, 2.75) is 6.54 Å². The quantitative estimate of drug-likeness (QED) is 0.637. The molecule has 1 aromatic heterocycles. The summed E-state index contributed by atoms with van der Waals surface area (Å²) in [4.78, 5) is 15.7. The van der Waals surface area contributed by atoms with Crippen LogP contribution in [0, 0.1) is 21.7 Å². The Balaban J connectivity index is 2.28. The van der Waals surface area contributed by atoms with Gasteiger partial charge >= 0.3 is 5.69 Å². The summed E-state index contributed by atoms with van der Waals surface area (Å²) < 4.78 is 26.4. The zero-order chi connectivity index (χ0) is 14.7. The first-order valence-corrected chi connectivity index (χ1v) is 5.73. The molecular weight excluding hydrogens is 268 g/mol. The Kier molecular flexibility index (Phi) is 3.88. The van der Waals surface area contributed by atoms with Crippen LogP contribution < -0.4 is 4.90 Å². The molecule has 0 saturated heterocycles. The molecule has 1 heterocycles. The number of pyridine rings is 1. The number of nitro groups is 1. The summed E-state index contributed by atoms with van der Waals surface area (Å²) in [5.74, 6) is -1.24. The predicted molar refractivity (Wildman–Crippen MR) is 69.4 cm³/mol. The zero-order valence-electron chi connectivity index (χ0n) is 10.6. The first-order chi connectivity index (χ1) is 9.49. The molecule has 1 aromatic carbocycles. The molecule has 0 amide bonds. The van der Waals surface area contributed by atoms with E-state index >= 15 is 0 Å². The molecule has 0 aliphatic carbocycles. The van der Waals surface area contributed by atoms with Crippen molar-refractivity contribution >= 4 is 11.5 Å². The van der Waals surface area contributed by atoms with Gasteiger partial charge in [-0.05, 0) is 12.1 Å². The fourth-order valence-electron chi connectivity index (χ4n) is 1.81. The van der Waals surface area contributed by atoms with Crippen LogP contribution in [0.25, 0.3) is 0 Å². The van der Waals surface area contributed by atoms with Crippen molar-refractivity contribution in [2.75, 3.05) is 11.9 Å². The highest BCUT2D eigenvalue weighted by molar-refractivity contribution is 5.56. The van der Waals surface area contributed by atoms with E-state index in [0.717, 1.165) is 12.1 Å². The summed E-state index contributed by atoms with van der Waals surface area (Å²) in [6, 6.07) is 5.98. The molecule has 0 radical (unpaired) electrons. The SMILES string of the molecule is CN(Cc1ccc(F)cc1F)c1ncccc1[N+](=O)[O-]. The molecule has 7 heteroatoms. The average Bonchev–Trinajstić information content (AvgIpc) is 2.41. The van der Waals surface area contributed by atoms with Crippen LogP contribution in [0.15, 0.2) is 36.5 Å². The Bertz CT molecular complexity index is 649. The van der Waals surface area contributed by atoms with Crippen LogP contribution in [-0.4, -0.2) is 17.0 Å². The van der Waals surface area contributed by atoms with Crippen LogP contribution in [0.5, 0.6) is 0 Å². The van der Waals surface area contributed by atoms with E-state index in [0.29, 0.717) is 0 Å². The fraction of sp³-hybridized carbons (Fsp3) is 0.154. The molecule has 104 valence electrons. The first-order valence-electron chi connectivity index (χ1n) is 5.73. The number of halogens is 2. The van der Waals surface area contributed by atoms with E-state index in [1.165, 1.54) is 29.3 Å². The van der Waals surface area contributed by atoms with E-state index in [-0.39, 0.29) is 23.6 Å². The monoisotopic (exact) mass is 279 g/mol. The van der Waals surface area contributed by atoms with Gasteiger partial charge in [0.1, 0.15) is 11.6 Å². The Morgan fingerprint density at radius 1 is 1.35 bits per heavy atom. The normalized spacial score (nSPS) is 10.3. The third kappa shape index (κ3) is 2.87. The molecule has 0 atom stereocenters. The minimum Gasteiger partial charge on any atom is -0.350 e. The number of rotatable bonds is 4. The summed E-state index contributed by atoms with van der Waals surface area (Å²) in [7, 11) is 1.55. The molecule has 0 N–H and O–H groups in total. The molecule has 2 rings (SSSR count). The molecule has 0 unspecified atom stereocenters. The summed E-state index contributed by atoms with van der Waals surface area (Å²) in [5, 5.41) is 10.9. The number of aromatic nitrogens is 1. The maximum Gasteiger partial charge on any atom is 0.311 e. The number of benzene rings is 1. The highest BCUT2D eigenvalue weighted by Crippen LogP contribution is 2.25. The van der Waals surface area contributed by atoms with Crippen LogP contribution in [0.1, 0.15) is 5.56 Å². The summed E-state index contributed by atoms with van der Waals surface area (Å²) in [5.41, 5.74) is 0.0615. The van der Waals surface area contributed by atoms with E-state index < -0.39 is 16.6 Å². The maximum atomic E-state index is 13.6. The van der Waals surface area contributed by atoms with Gasteiger partial charge in [-0.1, -0.05) is 6.07 Å². The summed E-state index contributed by atoms with van der Waals surface area (Å²) in [6.07, 6.45) is 1.42. The zero-order valence-corrected chi connectivity index (χ0v) is 10.6. The summed E-state index contributed by atoms with van der Waals surface area (Å²) >= 11 is 0. The molecular formula is C13H11F2N3O2. The van der Waals surface area contributed by atoms with Gasteiger partial charge in [-0.25, -0.2) is 13.8 Å². The third-order valence-corrected chi connectivity index (χ3v) is 2.75. The van der Waals surface area contributed by atoms with E-state index in [4.69, 9.17) is 0 Å². The van der Waals surface area contributed by atoms with Crippen molar-refractivity contribution in [1.82, 2.24) is 4.98 Å². The second-order valence-corrected chi connectivity index (χ2v) is 4.20. The predicted octanol–water partition coefficient (Wildman–Crippen LogP) is 2.90. The minimum absolute atomic E-state index is 0.0456. The van der Waals surface area contributed by atoms with Crippen molar-refractivity contribution in [3.8, 4) is 0 Å². The summed E-state index contributed by atoms with van der Waals surface area (Å²) in [6.45, 7) is 0.0456. The van der Waals surface area contributed by atoms with Gasteiger partial charge in [-0.15, -0.1) is 0 Å². The van der Waals surface area contributed by atoms with Gasteiger partial charge in [0.25, 0.3) is 0 Å². The van der Waals surface area contributed by atoms with E-state index in [1.54, 1.807) is 7.05 Å². The van der Waals surface area contributed by atoms with Gasteiger partial charge in [0.05, 0.1) is 4.92 Å². The molecule has 2 aromatic rings. The Labute approximate surface area is 113 Å². The number of hydrogen-bond acceptors (Lipinski definition) is 4. The lowest BCUT2D eigenvalue weighted by molar-refractivity contribution is -0.384. The number of anilines is 1. The molecule has 0 spiro atoms. The standard InChI is InChI=1S/C13H11F2N3O2/c1-17(8-9-4-5-10(14)7-11(9)15)13-12(18(19)20)3-2-6-16-13/h2-7H,8H2,1H3. The van der Waals surface area contributed by atoms with Crippen LogP contribution >= 0.6 is 0 Å². The smallest absolute Gasteiger partial charge is 0.311 e. The highest BCUT2D eigenvalue weighted by Gasteiger charge is 2.18. The minimum atomic E-state index is -0.699. The lowest BCUT2D eigenvalue weighted by Gasteiger charge is -2.18. The van der Waals surface area contributed by atoms with Crippen LogP contribution in [0.4, 0.5) is 20.3 Å². The molecule has 0 aliphatic heterocycles. The third-order valence-electron chi connectivity index (χ3n) is 2.75. The first kappa shape index (κ1) is 13.9. The molecule has 5 nitrogen and oxygen atoms in total. The van der Waals surface area contributed by atoms with E-state index in [1.807, 2.05) is 0 Å². The van der Waals surface area contributed by atoms with Gasteiger partial charge in [0.2, 0.25) is 5.82 Å². The molecule has 0 fully saturated rings. The molecule has 0 saturated carbocycles. The second-order valence-electron chi connectivity index (χ2n) is 4.20. The van der Waals surface area contributed by atoms with Gasteiger partial charge in [0, 0.05) is 37.5 Å². The molecule has 0 bridgehead atoms. The van der Waals surface area contributed by atoms with Gasteiger partial charge in [-0.3, -0.25) is 10.1 Å². The lowest BCUT2D eigenvalue weighted by Crippen LogP contribution is -2.19. The fourth-order valence-corrected chi connectivity index (χ4v) is 1.81. The Morgan fingerprint density at radius 2 is 2.10 bits per heavy atom. The van der Waals surface area contributed by atoms with Crippen molar-refractivity contribution in [3.63, 3.8) is 0 Å². The number of nitrogens with zero attached hydrogens (tertiary/aromatic N) is 3. The lowest BCUT2D eigenvalue weighted by atomic mass is 10.2. The molecule has 20 heavy (non-hydrogen) atoms. The Morgan fingerprint density at radius 3 is 2.75 bits per heavy atom. The van der Waals surface area contributed by atoms with E-state index in [2.05, 4.69) is 4.98 Å². The highest BCUT2D eigenvalue weighted by atomic mass is 19.1. The van der Waals surface area contributed by atoms with Crippen LogP contribution in [0.3, 0.4) is 0 Å². The maximum absolute atomic E-state index is 13.6. The van der Waals surface area contributed by atoms with E-state index in [9.17, 15) is 18.9 Å². The van der Waals surface area contributed by atoms with Crippen molar-refractivity contribution < 1.29 is 13.7 Å². The number of hydrogen-bond donors (Lipinski definition) is 0. The van der Waals surface area contributed by atoms with Gasteiger partial charge in [-0.2, -0.15) is 0 Å². The topological polar surface area (TPSA) is 59.3 Å². The van der Waals surface area contributed by atoms with Crippen LogP contribution in [0.2, 0.25) is 0 Å². The van der Waals surface area contributed by atoms with Crippen LogP contribution in [-0.2, 0) is 6.54 Å². The van der Waals surface area contributed by atoms with Crippen molar-refractivity contribution in [1.29, 1.82) is 0 Å². The average molecular weight is 279 g/mol. The molecule has 0 aliphatic rings. The van der Waals surface area contributed by atoms with Gasteiger partial charge in [0.15, 0.2) is 0 Å². The van der Waals surface area contributed by atoms with Crippen molar-refractivity contribution in [2.24, 2.45) is 0 Å². The van der Waals surface area contributed by atoms with Crippen molar-refractivity contribution in [3.05, 3.63) is 63.8 Å². The Hall–Kier alpha value is -2.57. The largest absolute Gasteiger partial charge is 0.350 e. The second kappa shape index (κ2) is 5.60. The van der Waals surface area contributed by atoms with Gasteiger partial charge < -0.3 is 4.90 Å².